The van der Waals surface area contributed by atoms with E-state index < -0.39 is 0 Å². The van der Waals surface area contributed by atoms with Gasteiger partial charge in [0.2, 0.25) is 0 Å². The van der Waals surface area contributed by atoms with Crippen LogP contribution in [-0.2, 0) is 11.3 Å². The van der Waals surface area contributed by atoms with Gasteiger partial charge in [0, 0.05) is 14.8 Å². The molecule has 0 fully saturated rings. The normalized spacial score (nSPS) is 12.2. The standard InChI is InChI=1S/C32H25ClN4O4S/c1-40-26-14-11-20(17-27(26)41-2)12-16-30-34-32(22-7-3-5-9-25(22)38)36(35-30)19-31(39)37-23-8-4-6-10-28(23)42-29-15-13-21(33)18-24(29)37/h3-18,38H,19H2,1-2H3. The Morgan fingerprint density at radius 1 is 0.905 bits per heavy atom. The van der Waals surface area contributed by atoms with Gasteiger partial charge in [-0.05, 0) is 66.2 Å². The van der Waals surface area contributed by atoms with Gasteiger partial charge in [-0.2, -0.15) is 5.10 Å². The molecule has 1 aliphatic rings. The Bertz CT molecular complexity index is 1840. The Balaban J connectivity index is 1.38. The van der Waals surface area contributed by atoms with Gasteiger partial charge in [-0.25, -0.2) is 9.67 Å². The average molecular weight is 597 g/mol. The van der Waals surface area contributed by atoms with E-state index in [1.807, 2.05) is 60.7 Å². The summed E-state index contributed by atoms with van der Waals surface area (Å²) in [5.74, 6) is 1.75. The summed E-state index contributed by atoms with van der Waals surface area (Å²) in [6.45, 7) is -0.133. The largest absolute Gasteiger partial charge is 0.507 e. The minimum absolute atomic E-state index is 0.0332. The van der Waals surface area contributed by atoms with Crippen LogP contribution in [0.4, 0.5) is 11.4 Å². The summed E-state index contributed by atoms with van der Waals surface area (Å²) in [7, 11) is 3.16. The van der Waals surface area contributed by atoms with Crippen molar-refractivity contribution in [1.82, 2.24) is 14.8 Å². The smallest absolute Gasteiger partial charge is 0.253 e. The molecule has 2 heterocycles. The Morgan fingerprint density at radius 2 is 1.67 bits per heavy atom. The molecule has 0 bridgehead atoms. The minimum atomic E-state index is -0.233. The number of nitrogens with zero attached hydrogens (tertiary/aromatic N) is 4. The van der Waals surface area contributed by atoms with Crippen LogP contribution in [0.25, 0.3) is 23.5 Å². The molecule has 210 valence electrons. The van der Waals surface area contributed by atoms with Crippen LogP contribution in [0.5, 0.6) is 17.2 Å². The number of aromatic nitrogens is 3. The van der Waals surface area contributed by atoms with Gasteiger partial charge in [-0.1, -0.05) is 59.8 Å². The lowest BCUT2D eigenvalue weighted by atomic mass is 10.2. The maximum Gasteiger partial charge on any atom is 0.253 e. The molecule has 0 unspecified atom stereocenters. The number of ether oxygens (including phenoxy) is 2. The first-order chi connectivity index (χ1) is 20.4. The third kappa shape index (κ3) is 5.32. The minimum Gasteiger partial charge on any atom is -0.507 e. The molecule has 10 heteroatoms. The highest BCUT2D eigenvalue weighted by molar-refractivity contribution is 7.99. The first-order valence-electron chi connectivity index (χ1n) is 13.0. The third-order valence-electron chi connectivity index (χ3n) is 6.69. The number of carbonyl (C=O) groups is 1. The van der Waals surface area contributed by atoms with Crippen molar-refractivity contribution in [3.05, 3.63) is 101 Å². The zero-order valence-corrected chi connectivity index (χ0v) is 24.3. The van der Waals surface area contributed by atoms with Crippen LogP contribution < -0.4 is 14.4 Å². The molecule has 8 nitrogen and oxygen atoms in total. The number of aromatic hydroxyl groups is 1. The Kier molecular flexibility index (Phi) is 7.60. The van der Waals surface area contributed by atoms with Gasteiger partial charge in [0.25, 0.3) is 5.91 Å². The highest BCUT2D eigenvalue weighted by Gasteiger charge is 2.29. The summed E-state index contributed by atoms with van der Waals surface area (Å²) in [4.78, 5) is 22.3. The van der Waals surface area contributed by atoms with E-state index in [0.717, 1.165) is 21.0 Å². The second-order valence-electron chi connectivity index (χ2n) is 9.33. The number of methoxy groups -OCH3 is 2. The fraction of sp³-hybridized carbons (Fsp3) is 0.0938. The number of amides is 1. The highest BCUT2D eigenvalue weighted by atomic mass is 35.5. The maximum absolute atomic E-state index is 14.1. The van der Waals surface area contributed by atoms with Crippen molar-refractivity contribution in [1.29, 1.82) is 0 Å². The number of hydrogen-bond donors (Lipinski definition) is 1. The molecule has 1 aliphatic heterocycles. The number of hydrogen-bond acceptors (Lipinski definition) is 7. The van der Waals surface area contributed by atoms with Crippen molar-refractivity contribution >= 4 is 52.8 Å². The second kappa shape index (κ2) is 11.6. The number of halogens is 1. The summed E-state index contributed by atoms with van der Waals surface area (Å²) >= 11 is 7.94. The van der Waals surface area contributed by atoms with Gasteiger partial charge in [-0.3, -0.25) is 9.69 Å². The van der Waals surface area contributed by atoms with E-state index in [9.17, 15) is 9.90 Å². The van der Waals surface area contributed by atoms with Crippen LogP contribution in [0.2, 0.25) is 5.02 Å². The quantitative estimate of drug-likeness (QED) is 0.210. The fourth-order valence-corrected chi connectivity index (χ4v) is 5.93. The van der Waals surface area contributed by atoms with E-state index in [0.29, 0.717) is 39.4 Å². The molecule has 6 rings (SSSR count). The maximum atomic E-state index is 14.1. The average Bonchev–Trinajstić information content (AvgIpc) is 3.40. The van der Waals surface area contributed by atoms with Crippen molar-refractivity contribution in [3.8, 4) is 28.6 Å². The molecule has 1 N–H and O–H groups in total. The Morgan fingerprint density at radius 3 is 2.48 bits per heavy atom. The van der Waals surface area contributed by atoms with E-state index in [-0.39, 0.29) is 18.2 Å². The topological polar surface area (TPSA) is 89.7 Å². The molecule has 0 radical (unpaired) electrons. The zero-order valence-electron chi connectivity index (χ0n) is 22.7. The van der Waals surface area contributed by atoms with Crippen LogP contribution in [0.1, 0.15) is 11.4 Å². The van der Waals surface area contributed by atoms with Crippen molar-refractivity contribution in [2.24, 2.45) is 0 Å². The van der Waals surface area contributed by atoms with Crippen LogP contribution in [0.3, 0.4) is 0 Å². The first-order valence-corrected chi connectivity index (χ1v) is 14.2. The van der Waals surface area contributed by atoms with Gasteiger partial charge in [0.05, 0.1) is 31.2 Å². The monoisotopic (exact) mass is 596 g/mol. The fourth-order valence-electron chi connectivity index (χ4n) is 4.73. The Hall–Kier alpha value is -4.73. The number of carbonyl (C=O) groups excluding carboxylic acids is 1. The van der Waals surface area contributed by atoms with E-state index in [2.05, 4.69) is 10.1 Å². The number of rotatable bonds is 7. The molecule has 0 spiro atoms. The summed E-state index contributed by atoms with van der Waals surface area (Å²) in [5, 5.41) is 15.8. The number of anilines is 2. The molecule has 4 aromatic carbocycles. The molecule has 1 amide bonds. The SMILES string of the molecule is COc1ccc(C=Cc2nc(-c3ccccc3O)n(CC(=O)N3c4ccccc4Sc4ccc(Cl)cc43)n2)cc1OC. The van der Waals surface area contributed by atoms with Crippen molar-refractivity contribution in [3.63, 3.8) is 0 Å². The predicted octanol–water partition coefficient (Wildman–Crippen LogP) is 7.32. The lowest BCUT2D eigenvalue weighted by Crippen LogP contribution is -2.32. The van der Waals surface area contributed by atoms with E-state index in [4.69, 9.17) is 21.1 Å². The summed E-state index contributed by atoms with van der Waals surface area (Å²) in [6, 6.07) is 25.6. The van der Waals surface area contributed by atoms with E-state index >= 15 is 0 Å². The lowest BCUT2D eigenvalue weighted by molar-refractivity contribution is -0.118. The summed E-state index contributed by atoms with van der Waals surface area (Å²) in [5.41, 5.74) is 2.77. The van der Waals surface area contributed by atoms with Crippen molar-refractivity contribution in [2.75, 3.05) is 19.1 Å². The third-order valence-corrected chi connectivity index (χ3v) is 8.05. The molecule has 0 atom stereocenters. The number of fused-ring (bicyclic) bond motifs is 2. The van der Waals surface area contributed by atoms with Crippen LogP contribution in [0.15, 0.2) is 94.7 Å². The van der Waals surface area contributed by atoms with Gasteiger partial charge in [-0.15, -0.1) is 0 Å². The molecule has 0 saturated carbocycles. The molecular weight excluding hydrogens is 572 g/mol. The Labute approximate surface area is 251 Å². The number of phenols is 1. The van der Waals surface area contributed by atoms with E-state index in [1.54, 1.807) is 67.3 Å². The molecular formula is C32H25ClN4O4S. The first kappa shape index (κ1) is 27.4. The van der Waals surface area contributed by atoms with E-state index in [1.165, 1.54) is 4.68 Å². The van der Waals surface area contributed by atoms with Gasteiger partial charge < -0.3 is 14.6 Å². The molecule has 42 heavy (non-hydrogen) atoms. The highest BCUT2D eigenvalue weighted by Crippen LogP contribution is 2.49. The summed E-state index contributed by atoms with van der Waals surface area (Å²) in [6.07, 6.45) is 3.59. The second-order valence-corrected chi connectivity index (χ2v) is 10.8. The number of para-hydroxylation sites is 2. The van der Waals surface area contributed by atoms with Gasteiger partial charge in [0.1, 0.15) is 12.3 Å². The van der Waals surface area contributed by atoms with Gasteiger partial charge in [0.15, 0.2) is 23.1 Å². The molecule has 5 aromatic rings. The molecule has 0 saturated heterocycles. The predicted molar refractivity (Wildman–Crippen MR) is 165 cm³/mol. The molecule has 1 aromatic heterocycles. The lowest BCUT2D eigenvalue weighted by Gasteiger charge is -2.31. The van der Waals surface area contributed by atoms with Crippen molar-refractivity contribution < 1.29 is 19.4 Å². The zero-order chi connectivity index (χ0) is 29.2. The summed E-state index contributed by atoms with van der Waals surface area (Å²) < 4.78 is 12.2. The molecule has 0 aliphatic carbocycles. The van der Waals surface area contributed by atoms with Gasteiger partial charge >= 0.3 is 0 Å². The van der Waals surface area contributed by atoms with Crippen molar-refractivity contribution in [2.45, 2.75) is 16.3 Å². The van der Waals surface area contributed by atoms with Crippen LogP contribution >= 0.6 is 23.4 Å². The number of phenolic OH excluding ortho intramolecular Hbond substituents is 1. The number of benzene rings is 4. The van der Waals surface area contributed by atoms with Crippen LogP contribution in [0, 0.1) is 0 Å². The van der Waals surface area contributed by atoms with Crippen LogP contribution in [-0.4, -0.2) is 40.0 Å².